The summed E-state index contributed by atoms with van der Waals surface area (Å²) in [4.78, 5) is 46.9. The molecular weight excluding hydrogens is 382 g/mol. The maximum Gasteiger partial charge on any atom is 0.333 e. The zero-order chi connectivity index (χ0) is 22.0. The minimum atomic E-state index is -3.46. The summed E-state index contributed by atoms with van der Waals surface area (Å²) in [6.07, 6.45) is 9.54. The minimum Gasteiger partial charge on any atom is -0.481 e. The second-order valence-corrected chi connectivity index (χ2v) is 7.69. The first-order valence-electron chi connectivity index (χ1n) is 9.94. The lowest BCUT2D eigenvalue weighted by molar-refractivity contribution is -0.198. The Balaban J connectivity index is 0. The number of aliphatic carboxylic acids is 4. The van der Waals surface area contributed by atoms with Gasteiger partial charge in [0.25, 0.3) is 5.41 Å². The third-order valence-electron chi connectivity index (χ3n) is 5.91. The Morgan fingerprint density at radius 3 is 1.34 bits per heavy atom. The van der Waals surface area contributed by atoms with Gasteiger partial charge in [0.2, 0.25) is 0 Å². The van der Waals surface area contributed by atoms with Gasteiger partial charge in [-0.25, -0.2) is 0 Å². The van der Waals surface area contributed by atoms with Gasteiger partial charge in [-0.05, 0) is 19.3 Å². The first kappa shape index (κ1) is 29.0. The van der Waals surface area contributed by atoms with Gasteiger partial charge in [-0.15, -0.1) is 0 Å². The van der Waals surface area contributed by atoms with Gasteiger partial charge in [0.1, 0.15) is 5.41 Å². The van der Waals surface area contributed by atoms with Crippen LogP contribution in [0.2, 0.25) is 0 Å². The summed E-state index contributed by atoms with van der Waals surface area (Å²) < 4.78 is 0. The average Bonchev–Trinajstić information content (AvgIpc) is 2.59. The van der Waals surface area contributed by atoms with Crippen molar-refractivity contribution in [2.45, 2.75) is 85.0 Å². The van der Waals surface area contributed by atoms with Gasteiger partial charge in [0, 0.05) is 0 Å². The number of hydrogen-bond acceptors (Lipinski definition) is 5. The van der Waals surface area contributed by atoms with E-state index < -0.39 is 40.6 Å². The van der Waals surface area contributed by atoms with E-state index in [1.807, 2.05) is 0 Å². The molecule has 7 N–H and O–H groups in total. The van der Waals surface area contributed by atoms with Crippen LogP contribution in [0.1, 0.15) is 85.0 Å². The van der Waals surface area contributed by atoms with Crippen molar-refractivity contribution in [3.8, 4) is 0 Å². The van der Waals surface area contributed by atoms with Gasteiger partial charge in [0.15, 0.2) is 0 Å². The van der Waals surface area contributed by atoms with Crippen molar-refractivity contribution < 1.29 is 39.6 Å². The molecule has 0 aliphatic rings. The molecule has 2 atom stereocenters. The van der Waals surface area contributed by atoms with Crippen molar-refractivity contribution in [1.29, 1.82) is 0 Å². The molecule has 0 bridgehead atoms. The highest BCUT2D eigenvalue weighted by Gasteiger charge is 2.71. The number of carboxylic acids is 4. The van der Waals surface area contributed by atoms with Crippen LogP contribution in [-0.4, -0.2) is 44.3 Å². The van der Waals surface area contributed by atoms with E-state index in [1.54, 1.807) is 0 Å². The Hall–Kier alpha value is -2.16. The molecule has 0 heterocycles. The summed E-state index contributed by atoms with van der Waals surface area (Å²) in [6.45, 7) is 4.46. The fraction of sp³-hybridized carbons (Fsp3) is 0.800. The van der Waals surface area contributed by atoms with Crippen LogP contribution in [0.25, 0.3) is 0 Å². The van der Waals surface area contributed by atoms with Gasteiger partial charge < -0.3 is 26.6 Å². The van der Waals surface area contributed by atoms with Crippen LogP contribution in [0.4, 0.5) is 0 Å². The summed E-state index contributed by atoms with van der Waals surface area (Å²) in [5.41, 5.74) is -5.96. The fourth-order valence-electron chi connectivity index (χ4n) is 3.73. The molecule has 0 aromatic carbocycles. The normalized spacial score (nSPS) is 14.3. The van der Waals surface area contributed by atoms with Gasteiger partial charge in [-0.3, -0.25) is 19.2 Å². The Morgan fingerprint density at radius 2 is 1.03 bits per heavy atom. The molecule has 29 heavy (non-hydrogen) atoms. The number of carbonyl (C=O) groups is 4. The van der Waals surface area contributed by atoms with Crippen LogP contribution in [0.15, 0.2) is 0 Å². The Bertz CT molecular complexity index is 527. The average molecular weight is 420 g/mol. The Morgan fingerprint density at radius 1 is 0.690 bits per heavy atom. The van der Waals surface area contributed by atoms with E-state index in [0.717, 1.165) is 32.6 Å². The van der Waals surface area contributed by atoms with Gasteiger partial charge in [-0.1, -0.05) is 71.6 Å². The summed E-state index contributed by atoms with van der Waals surface area (Å²) in [6, 6.07) is 0. The van der Waals surface area contributed by atoms with Crippen molar-refractivity contribution in [3.63, 3.8) is 0 Å². The zero-order valence-electron chi connectivity index (χ0n) is 17.8. The van der Waals surface area contributed by atoms with Crippen LogP contribution >= 0.6 is 0 Å². The van der Waals surface area contributed by atoms with Crippen LogP contribution in [0, 0.1) is 16.7 Å². The molecule has 170 valence electrons. The quantitative estimate of drug-likeness (QED) is 0.182. The van der Waals surface area contributed by atoms with Crippen LogP contribution in [0.5, 0.6) is 0 Å². The van der Waals surface area contributed by atoms with Crippen molar-refractivity contribution in [2.24, 2.45) is 16.7 Å². The molecule has 9 nitrogen and oxygen atoms in total. The number of unbranched alkanes of at least 4 members (excludes halogenated alkanes) is 8. The first-order valence-corrected chi connectivity index (χ1v) is 9.94. The predicted octanol–water partition coefficient (Wildman–Crippen LogP) is 4.04. The third kappa shape index (κ3) is 6.42. The first-order chi connectivity index (χ1) is 13.0. The molecule has 0 aliphatic heterocycles. The highest BCUT2D eigenvalue weighted by atomic mass is 16.4. The van der Waals surface area contributed by atoms with E-state index in [0.29, 0.717) is 6.42 Å². The summed E-state index contributed by atoms with van der Waals surface area (Å²) >= 11 is 0. The SMILES string of the molecule is CCCCCCCCCCCC(C)C(C)(C(=O)O)C(C(=O)O)(C(=O)O)C(=O)O.N. The Kier molecular flexibility index (Phi) is 13.2. The molecule has 0 aliphatic carbocycles. The topological polar surface area (TPSA) is 184 Å². The Labute approximate surface area is 172 Å². The highest BCUT2D eigenvalue weighted by Crippen LogP contribution is 2.48. The molecule has 0 saturated heterocycles. The fourth-order valence-corrected chi connectivity index (χ4v) is 3.73. The summed E-state index contributed by atoms with van der Waals surface area (Å²) in [5.74, 6) is -9.26. The molecule has 0 radical (unpaired) electrons. The number of rotatable bonds is 16. The molecule has 2 unspecified atom stereocenters. The lowest BCUT2D eigenvalue weighted by atomic mass is 9.57. The molecule has 0 fully saturated rings. The molecule has 9 heteroatoms. The standard InChI is InChI=1S/C20H34O8.H3N/c1-4-5-6-7-8-9-10-11-12-13-14(2)19(3,15(21)22)20(16(23)24,17(25)26)18(27)28;/h14H,4-13H2,1-3H3,(H,21,22)(H,23,24)(H,25,26)(H,27,28);1H3. The number of carboxylic acid groups (broad SMARTS) is 4. The van der Waals surface area contributed by atoms with Crippen molar-refractivity contribution in [3.05, 3.63) is 0 Å². The molecule has 0 aromatic rings. The zero-order valence-corrected chi connectivity index (χ0v) is 17.8. The van der Waals surface area contributed by atoms with E-state index in [1.165, 1.54) is 32.6 Å². The van der Waals surface area contributed by atoms with Crippen LogP contribution < -0.4 is 6.15 Å². The maximum atomic E-state index is 11.9. The van der Waals surface area contributed by atoms with E-state index in [9.17, 15) is 39.6 Å². The summed E-state index contributed by atoms with van der Waals surface area (Å²) in [7, 11) is 0. The minimum absolute atomic E-state index is 0. The second kappa shape index (κ2) is 13.1. The molecule has 0 amide bonds. The highest BCUT2D eigenvalue weighted by molar-refractivity contribution is 6.20. The molecular formula is C20H37NO8. The van der Waals surface area contributed by atoms with Gasteiger partial charge >= 0.3 is 23.9 Å². The van der Waals surface area contributed by atoms with E-state index in [2.05, 4.69) is 6.92 Å². The maximum absolute atomic E-state index is 11.9. The van der Waals surface area contributed by atoms with E-state index >= 15 is 0 Å². The van der Waals surface area contributed by atoms with Crippen molar-refractivity contribution >= 4 is 23.9 Å². The van der Waals surface area contributed by atoms with Gasteiger partial charge in [-0.2, -0.15) is 0 Å². The second-order valence-electron chi connectivity index (χ2n) is 7.69. The monoisotopic (exact) mass is 419 g/mol. The van der Waals surface area contributed by atoms with Crippen LogP contribution in [0.3, 0.4) is 0 Å². The lowest BCUT2D eigenvalue weighted by Gasteiger charge is -2.40. The molecule has 0 saturated carbocycles. The van der Waals surface area contributed by atoms with Gasteiger partial charge in [0.05, 0.1) is 0 Å². The largest absolute Gasteiger partial charge is 0.481 e. The lowest BCUT2D eigenvalue weighted by Crippen LogP contribution is -2.62. The van der Waals surface area contributed by atoms with Crippen molar-refractivity contribution in [2.75, 3.05) is 0 Å². The molecule has 0 aromatic heterocycles. The smallest absolute Gasteiger partial charge is 0.333 e. The van der Waals surface area contributed by atoms with E-state index in [4.69, 9.17) is 0 Å². The summed E-state index contributed by atoms with van der Waals surface area (Å²) in [5, 5.41) is 37.8. The van der Waals surface area contributed by atoms with Crippen molar-refractivity contribution in [1.82, 2.24) is 6.15 Å². The third-order valence-corrected chi connectivity index (χ3v) is 5.91. The van der Waals surface area contributed by atoms with E-state index in [-0.39, 0.29) is 12.6 Å². The molecule has 0 spiro atoms. The predicted molar refractivity (Wildman–Crippen MR) is 107 cm³/mol. The number of hydrogen-bond donors (Lipinski definition) is 5. The van der Waals surface area contributed by atoms with Crippen LogP contribution in [-0.2, 0) is 19.2 Å². The molecule has 0 rings (SSSR count).